The van der Waals surface area contributed by atoms with Gasteiger partial charge in [-0.05, 0) is 42.7 Å². The quantitative estimate of drug-likeness (QED) is 0.248. The smallest absolute Gasteiger partial charge is 0.268 e. The molecule has 3 rings (SSSR count). The molecule has 0 aliphatic rings. The van der Waals surface area contributed by atoms with Crippen molar-refractivity contribution >= 4 is 43.1 Å². The van der Waals surface area contributed by atoms with Gasteiger partial charge in [-0.25, -0.2) is 12.4 Å². The number of carbonyl (C=O) groups is 1. The number of fused-ring (bicyclic) bond motifs is 1. The van der Waals surface area contributed by atoms with E-state index in [0.717, 1.165) is 15.8 Å². The molecule has 0 unspecified atom stereocenters. The molecule has 0 saturated carbocycles. The van der Waals surface area contributed by atoms with Crippen LogP contribution >= 0.6 is 15.9 Å². The molecule has 0 aliphatic heterocycles. The molecule has 3 aromatic rings. The van der Waals surface area contributed by atoms with E-state index in [4.69, 9.17) is 0 Å². The molecule has 2 atom stereocenters. The molecule has 0 saturated heterocycles. The number of benzene rings is 2. The molecule has 7 nitrogen and oxygen atoms in total. The molecular formula is C22H23BrN2O5S. The van der Waals surface area contributed by atoms with Gasteiger partial charge in [0.05, 0.1) is 16.3 Å². The van der Waals surface area contributed by atoms with Gasteiger partial charge in [0.1, 0.15) is 6.29 Å². The summed E-state index contributed by atoms with van der Waals surface area (Å²) in [6, 6.07) is 11.6. The van der Waals surface area contributed by atoms with Gasteiger partial charge in [-0.3, -0.25) is 10.1 Å². The van der Waals surface area contributed by atoms with Crippen LogP contribution in [0.2, 0.25) is 0 Å². The minimum atomic E-state index is -3.96. The summed E-state index contributed by atoms with van der Waals surface area (Å²) in [5.74, 6) is -1.54. The third-order valence-corrected chi connectivity index (χ3v) is 7.66. The lowest BCUT2D eigenvalue weighted by Crippen LogP contribution is -2.26. The highest BCUT2D eigenvalue weighted by molar-refractivity contribution is 9.10. The van der Waals surface area contributed by atoms with E-state index in [1.54, 1.807) is 30.3 Å². The fourth-order valence-electron chi connectivity index (χ4n) is 3.82. The summed E-state index contributed by atoms with van der Waals surface area (Å²) in [6.07, 6.45) is 2.16. The first kappa shape index (κ1) is 23.1. The number of carbonyl (C=O) groups excluding carboxylic acids is 1. The molecule has 0 spiro atoms. The van der Waals surface area contributed by atoms with Gasteiger partial charge >= 0.3 is 0 Å². The van der Waals surface area contributed by atoms with Crippen LogP contribution in [0, 0.1) is 28.9 Å². The van der Waals surface area contributed by atoms with E-state index in [9.17, 15) is 23.3 Å². The molecule has 0 N–H and O–H groups in total. The van der Waals surface area contributed by atoms with Gasteiger partial charge < -0.3 is 4.79 Å². The van der Waals surface area contributed by atoms with Crippen molar-refractivity contribution in [2.45, 2.75) is 31.6 Å². The first-order valence-corrected chi connectivity index (χ1v) is 12.0. The van der Waals surface area contributed by atoms with Crippen LogP contribution < -0.4 is 0 Å². The lowest BCUT2D eigenvalue weighted by Gasteiger charge is -2.22. The standard InChI is InChI=1S/C22H23BrN2O5S/c1-14(2)21(13-26)20(12-25(27)28)19-11-24(22-10-16(23)6-9-18(19)22)31(29,30)17-7-4-15(3)5-8-17/h4-11,13-14,20-21H,12H2,1-3H3/t20-,21-/m0/s1. The number of nitrogens with zero attached hydrogens (tertiary/aromatic N) is 2. The SMILES string of the molecule is Cc1ccc(S(=O)(=O)n2cc([C@H](C[N+](=O)[O-])[C@@H](C=O)C(C)C)c3ccc(Br)cc32)cc1. The normalized spacial score (nSPS) is 14.0. The van der Waals surface area contributed by atoms with Crippen molar-refractivity contribution in [3.05, 3.63) is 74.4 Å². The Morgan fingerprint density at radius 1 is 1.16 bits per heavy atom. The van der Waals surface area contributed by atoms with Gasteiger partial charge in [-0.15, -0.1) is 0 Å². The van der Waals surface area contributed by atoms with E-state index >= 15 is 0 Å². The molecule has 31 heavy (non-hydrogen) atoms. The molecule has 0 bridgehead atoms. The first-order valence-electron chi connectivity index (χ1n) is 9.76. The Morgan fingerprint density at radius 3 is 2.35 bits per heavy atom. The van der Waals surface area contributed by atoms with Gasteiger partial charge in [0.2, 0.25) is 6.54 Å². The van der Waals surface area contributed by atoms with Crippen molar-refractivity contribution < 1.29 is 18.1 Å². The lowest BCUT2D eigenvalue weighted by molar-refractivity contribution is -0.484. The number of rotatable bonds is 8. The molecule has 9 heteroatoms. The predicted octanol–water partition coefficient (Wildman–Crippen LogP) is 4.78. The van der Waals surface area contributed by atoms with Crippen LogP contribution in [0.3, 0.4) is 0 Å². The summed E-state index contributed by atoms with van der Waals surface area (Å²) in [6.45, 7) is 5.04. The molecule has 2 aromatic carbocycles. The Kier molecular flexibility index (Phi) is 6.66. The number of nitro groups is 1. The number of aromatic nitrogens is 1. The predicted molar refractivity (Wildman–Crippen MR) is 122 cm³/mol. The molecule has 1 heterocycles. The topological polar surface area (TPSA) is 99.3 Å². The van der Waals surface area contributed by atoms with E-state index in [1.807, 2.05) is 20.8 Å². The van der Waals surface area contributed by atoms with Gasteiger partial charge in [0.15, 0.2) is 0 Å². The summed E-state index contributed by atoms with van der Waals surface area (Å²) >= 11 is 3.38. The Hall–Kier alpha value is -2.52. The maximum absolute atomic E-state index is 13.4. The first-order chi connectivity index (χ1) is 14.6. The van der Waals surface area contributed by atoms with Crippen molar-refractivity contribution in [1.29, 1.82) is 0 Å². The molecule has 0 fully saturated rings. The van der Waals surface area contributed by atoms with Gasteiger partial charge in [-0.1, -0.05) is 53.5 Å². The highest BCUT2D eigenvalue weighted by Crippen LogP contribution is 2.37. The second-order valence-corrected chi connectivity index (χ2v) is 10.7. The Labute approximate surface area is 189 Å². The fourth-order valence-corrected chi connectivity index (χ4v) is 5.54. The zero-order chi connectivity index (χ0) is 22.9. The Morgan fingerprint density at radius 2 is 1.81 bits per heavy atom. The summed E-state index contributed by atoms with van der Waals surface area (Å²) < 4.78 is 28.7. The number of aldehydes is 1. The monoisotopic (exact) mass is 506 g/mol. The van der Waals surface area contributed by atoms with Crippen molar-refractivity contribution in [1.82, 2.24) is 3.97 Å². The molecule has 164 valence electrons. The average molecular weight is 507 g/mol. The van der Waals surface area contributed by atoms with Crippen LogP contribution in [0.4, 0.5) is 0 Å². The lowest BCUT2D eigenvalue weighted by atomic mass is 9.80. The molecule has 1 aromatic heterocycles. The highest BCUT2D eigenvalue weighted by Gasteiger charge is 2.34. The van der Waals surface area contributed by atoms with Crippen LogP contribution in [0.5, 0.6) is 0 Å². The van der Waals surface area contributed by atoms with Gasteiger partial charge in [0.25, 0.3) is 10.0 Å². The second kappa shape index (κ2) is 8.92. The molecule has 0 amide bonds. The summed E-state index contributed by atoms with van der Waals surface area (Å²) in [4.78, 5) is 22.9. The van der Waals surface area contributed by atoms with Crippen molar-refractivity contribution in [3.63, 3.8) is 0 Å². The number of hydrogen-bond donors (Lipinski definition) is 0. The number of halogens is 1. The zero-order valence-corrected chi connectivity index (χ0v) is 19.8. The molecule has 0 radical (unpaired) electrons. The summed E-state index contributed by atoms with van der Waals surface area (Å²) in [7, 11) is -3.96. The average Bonchev–Trinajstić information content (AvgIpc) is 3.06. The van der Waals surface area contributed by atoms with E-state index < -0.39 is 33.3 Å². The molecular weight excluding hydrogens is 484 g/mol. The third-order valence-electron chi connectivity index (χ3n) is 5.48. The minimum absolute atomic E-state index is 0.114. The van der Waals surface area contributed by atoms with Crippen molar-refractivity contribution in [3.8, 4) is 0 Å². The largest absolute Gasteiger partial charge is 0.303 e. The second-order valence-electron chi connectivity index (χ2n) is 7.94. The fraction of sp³-hybridized carbons (Fsp3) is 0.318. The maximum Gasteiger partial charge on any atom is 0.268 e. The van der Waals surface area contributed by atoms with E-state index in [-0.39, 0.29) is 10.8 Å². The van der Waals surface area contributed by atoms with Crippen molar-refractivity contribution in [2.75, 3.05) is 6.54 Å². The van der Waals surface area contributed by atoms with Crippen LogP contribution in [0.15, 0.2) is 58.0 Å². The van der Waals surface area contributed by atoms with Crippen molar-refractivity contribution in [2.24, 2.45) is 11.8 Å². The van der Waals surface area contributed by atoms with E-state index in [0.29, 0.717) is 20.9 Å². The van der Waals surface area contributed by atoms with Crippen LogP contribution in [-0.2, 0) is 14.8 Å². The van der Waals surface area contributed by atoms with Crippen LogP contribution in [0.1, 0.15) is 30.9 Å². The van der Waals surface area contributed by atoms with Gasteiger partial charge in [-0.2, -0.15) is 0 Å². The molecule has 0 aliphatic carbocycles. The minimum Gasteiger partial charge on any atom is -0.303 e. The van der Waals surface area contributed by atoms with Gasteiger partial charge in [0, 0.05) is 26.9 Å². The number of aryl methyl sites for hydroxylation is 1. The van der Waals surface area contributed by atoms with Crippen LogP contribution in [-0.4, -0.2) is 30.1 Å². The van der Waals surface area contributed by atoms with Crippen LogP contribution in [0.25, 0.3) is 10.9 Å². The third kappa shape index (κ3) is 4.57. The highest BCUT2D eigenvalue weighted by atomic mass is 79.9. The van der Waals surface area contributed by atoms with E-state index in [2.05, 4.69) is 15.9 Å². The van der Waals surface area contributed by atoms with E-state index in [1.165, 1.54) is 18.3 Å². The zero-order valence-electron chi connectivity index (χ0n) is 17.4. The Bertz CT molecular complexity index is 1230. The maximum atomic E-state index is 13.4. The number of hydrogen-bond acceptors (Lipinski definition) is 5. The summed E-state index contributed by atoms with van der Waals surface area (Å²) in [5, 5.41) is 12.0. The Balaban J connectivity index is 2.30. The summed E-state index contributed by atoms with van der Waals surface area (Å²) in [5.41, 5.74) is 1.80.